The summed E-state index contributed by atoms with van der Waals surface area (Å²) in [6.07, 6.45) is 5.10. The molecule has 2 saturated heterocycles. The molecule has 0 aromatic heterocycles. The molecule has 2 aliphatic heterocycles. The molecule has 2 fully saturated rings. The minimum absolute atomic E-state index is 0.520. The van der Waals surface area contributed by atoms with Crippen molar-refractivity contribution < 1.29 is 8.42 Å². The van der Waals surface area contributed by atoms with Crippen molar-refractivity contribution in [3.05, 3.63) is 0 Å². The summed E-state index contributed by atoms with van der Waals surface area (Å²) in [5, 5.41) is 3.16. The quantitative estimate of drug-likeness (QED) is 0.723. The zero-order chi connectivity index (χ0) is 13.6. The van der Waals surface area contributed by atoms with Crippen LogP contribution in [0.1, 0.15) is 25.7 Å². The minimum atomic E-state index is -3.28. The predicted octanol–water partition coefficient (Wildman–Crippen LogP) is -0.398. The molecule has 2 heterocycles. The molecule has 0 radical (unpaired) electrons. The summed E-state index contributed by atoms with van der Waals surface area (Å²) in [5.41, 5.74) is 0. The molecule has 2 aliphatic rings. The standard InChI is InChI=1S/C12H26N4O2S/c17-19(18,16-11-5-13-6-12-16)14-7-10-15-8-3-1-2-4-9-15/h13-14H,1-12H2. The molecule has 0 saturated carbocycles. The van der Waals surface area contributed by atoms with E-state index in [-0.39, 0.29) is 0 Å². The van der Waals surface area contributed by atoms with Crippen molar-refractivity contribution in [1.82, 2.24) is 19.2 Å². The first-order valence-corrected chi connectivity index (χ1v) is 8.80. The molecule has 0 atom stereocenters. The Morgan fingerprint density at radius 2 is 1.58 bits per heavy atom. The second kappa shape index (κ2) is 7.54. The van der Waals surface area contributed by atoms with Crippen LogP contribution in [0.4, 0.5) is 0 Å². The second-order valence-electron chi connectivity index (χ2n) is 5.30. The van der Waals surface area contributed by atoms with Crippen LogP contribution >= 0.6 is 0 Å². The van der Waals surface area contributed by atoms with Crippen molar-refractivity contribution in [2.75, 3.05) is 52.4 Å². The Balaban J connectivity index is 1.71. The fraction of sp³-hybridized carbons (Fsp3) is 1.00. The zero-order valence-electron chi connectivity index (χ0n) is 11.6. The van der Waals surface area contributed by atoms with Gasteiger partial charge >= 0.3 is 0 Å². The minimum Gasteiger partial charge on any atom is -0.314 e. The largest absolute Gasteiger partial charge is 0.314 e. The van der Waals surface area contributed by atoms with E-state index in [1.807, 2.05) is 0 Å². The average Bonchev–Trinajstić information content (AvgIpc) is 2.68. The van der Waals surface area contributed by atoms with Gasteiger partial charge in [-0.25, -0.2) is 4.72 Å². The molecule has 0 amide bonds. The third-order valence-corrected chi connectivity index (χ3v) is 5.44. The summed E-state index contributed by atoms with van der Waals surface area (Å²) >= 11 is 0. The Labute approximate surface area is 116 Å². The lowest BCUT2D eigenvalue weighted by Crippen LogP contribution is -2.51. The Kier molecular flexibility index (Phi) is 6.03. The number of hydrogen-bond acceptors (Lipinski definition) is 4. The van der Waals surface area contributed by atoms with Gasteiger partial charge in [-0.1, -0.05) is 12.8 Å². The summed E-state index contributed by atoms with van der Waals surface area (Å²) in [7, 11) is -3.28. The number of nitrogens with zero attached hydrogens (tertiary/aromatic N) is 2. The van der Waals surface area contributed by atoms with E-state index in [1.165, 1.54) is 30.0 Å². The van der Waals surface area contributed by atoms with Gasteiger partial charge in [0, 0.05) is 39.3 Å². The van der Waals surface area contributed by atoms with Crippen LogP contribution < -0.4 is 10.0 Å². The molecule has 6 nitrogen and oxygen atoms in total. The molecular formula is C12H26N4O2S. The van der Waals surface area contributed by atoms with E-state index in [1.54, 1.807) is 0 Å². The molecule has 7 heteroatoms. The first-order valence-electron chi connectivity index (χ1n) is 7.36. The van der Waals surface area contributed by atoms with E-state index >= 15 is 0 Å². The van der Waals surface area contributed by atoms with E-state index in [0.29, 0.717) is 19.6 Å². The first-order chi connectivity index (χ1) is 9.18. The highest BCUT2D eigenvalue weighted by Crippen LogP contribution is 2.08. The molecule has 112 valence electrons. The topological polar surface area (TPSA) is 64.7 Å². The van der Waals surface area contributed by atoms with Gasteiger partial charge in [0.15, 0.2) is 0 Å². The van der Waals surface area contributed by atoms with Crippen molar-refractivity contribution in [3.8, 4) is 0 Å². The van der Waals surface area contributed by atoms with E-state index in [2.05, 4.69) is 14.9 Å². The Morgan fingerprint density at radius 1 is 0.947 bits per heavy atom. The van der Waals surface area contributed by atoms with Crippen LogP contribution in [-0.4, -0.2) is 70.0 Å². The van der Waals surface area contributed by atoms with Crippen molar-refractivity contribution in [2.45, 2.75) is 25.7 Å². The van der Waals surface area contributed by atoms with Gasteiger partial charge in [0.2, 0.25) is 0 Å². The van der Waals surface area contributed by atoms with Crippen molar-refractivity contribution in [1.29, 1.82) is 0 Å². The summed E-state index contributed by atoms with van der Waals surface area (Å²) in [4.78, 5) is 2.37. The van der Waals surface area contributed by atoms with Crippen LogP contribution in [0.3, 0.4) is 0 Å². The van der Waals surface area contributed by atoms with Gasteiger partial charge in [-0.05, 0) is 25.9 Å². The Hall–Kier alpha value is -0.210. The monoisotopic (exact) mass is 290 g/mol. The molecular weight excluding hydrogens is 264 g/mol. The maximum absolute atomic E-state index is 12.1. The van der Waals surface area contributed by atoms with Gasteiger partial charge in [-0.2, -0.15) is 12.7 Å². The summed E-state index contributed by atoms with van der Waals surface area (Å²) in [6, 6.07) is 0. The molecule has 0 aromatic rings. The molecule has 0 spiro atoms. The lowest BCUT2D eigenvalue weighted by atomic mass is 10.2. The highest BCUT2D eigenvalue weighted by Gasteiger charge is 2.23. The molecule has 0 bridgehead atoms. The number of hydrogen-bond donors (Lipinski definition) is 2. The van der Waals surface area contributed by atoms with Gasteiger partial charge < -0.3 is 10.2 Å². The van der Waals surface area contributed by atoms with Crippen molar-refractivity contribution >= 4 is 10.2 Å². The SMILES string of the molecule is O=S(=O)(NCCN1CCCCCC1)N1CCNCC1. The smallest absolute Gasteiger partial charge is 0.279 e. The van der Waals surface area contributed by atoms with Crippen molar-refractivity contribution in [3.63, 3.8) is 0 Å². The average molecular weight is 290 g/mol. The third-order valence-electron chi connectivity index (χ3n) is 3.83. The normalized spacial score (nSPS) is 24.2. The lowest BCUT2D eigenvalue weighted by molar-refractivity contribution is 0.287. The highest BCUT2D eigenvalue weighted by atomic mass is 32.2. The first kappa shape index (κ1) is 15.2. The van der Waals surface area contributed by atoms with E-state index in [4.69, 9.17) is 0 Å². The molecule has 2 rings (SSSR count). The fourth-order valence-corrected chi connectivity index (χ4v) is 3.86. The van der Waals surface area contributed by atoms with Crippen LogP contribution in [0, 0.1) is 0 Å². The van der Waals surface area contributed by atoms with Crippen LogP contribution in [0.2, 0.25) is 0 Å². The molecule has 19 heavy (non-hydrogen) atoms. The van der Waals surface area contributed by atoms with Gasteiger partial charge in [0.05, 0.1) is 0 Å². The van der Waals surface area contributed by atoms with Crippen molar-refractivity contribution in [2.24, 2.45) is 0 Å². The fourth-order valence-electron chi connectivity index (χ4n) is 2.67. The van der Waals surface area contributed by atoms with Gasteiger partial charge in [-0.3, -0.25) is 0 Å². The van der Waals surface area contributed by atoms with E-state index < -0.39 is 10.2 Å². The van der Waals surface area contributed by atoms with Crippen LogP contribution in [-0.2, 0) is 10.2 Å². The highest BCUT2D eigenvalue weighted by molar-refractivity contribution is 7.87. The second-order valence-corrected chi connectivity index (χ2v) is 7.06. The summed E-state index contributed by atoms with van der Waals surface area (Å²) < 4.78 is 28.4. The van der Waals surface area contributed by atoms with E-state index in [9.17, 15) is 8.42 Å². The number of nitrogens with one attached hydrogen (secondary N) is 2. The summed E-state index contributed by atoms with van der Waals surface area (Å²) in [5.74, 6) is 0. The lowest BCUT2D eigenvalue weighted by Gasteiger charge is -2.27. The van der Waals surface area contributed by atoms with E-state index in [0.717, 1.165) is 32.7 Å². The summed E-state index contributed by atoms with van der Waals surface area (Å²) in [6.45, 7) is 6.18. The molecule has 2 N–H and O–H groups in total. The number of rotatable bonds is 5. The van der Waals surface area contributed by atoms with Crippen LogP contribution in [0.5, 0.6) is 0 Å². The van der Waals surface area contributed by atoms with Gasteiger partial charge in [0.1, 0.15) is 0 Å². The zero-order valence-corrected chi connectivity index (χ0v) is 12.4. The maximum atomic E-state index is 12.1. The molecule has 0 unspecified atom stereocenters. The Morgan fingerprint density at radius 3 is 2.21 bits per heavy atom. The van der Waals surface area contributed by atoms with Crippen LogP contribution in [0.15, 0.2) is 0 Å². The number of piperazine rings is 1. The third kappa shape index (κ3) is 5.00. The Bertz CT molecular complexity index is 347. The van der Waals surface area contributed by atoms with Gasteiger partial charge in [-0.15, -0.1) is 0 Å². The van der Waals surface area contributed by atoms with Crippen LogP contribution in [0.25, 0.3) is 0 Å². The predicted molar refractivity (Wildman–Crippen MR) is 76.3 cm³/mol. The number of likely N-dealkylation sites (tertiary alicyclic amines) is 1. The van der Waals surface area contributed by atoms with Gasteiger partial charge in [0.25, 0.3) is 10.2 Å². The molecule has 0 aliphatic carbocycles. The molecule has 0 aromatic carbocycles. The maximum Gasteiger partial charge on any atom is 0.279 e.